The maximum atomic E-state index is 5.52. The number of aromatic nitrogens is 4. The van der Waals surface area contributed by atoms with Gasteiger partial charge in [0.15, 0.2) is 5.96 Å². The summed E-state index contributed by atoms with van der Waals surface area (Å²) in [6, 6.07) is 3.85. The smallest absolute Gasteiger partial charge is 0.213 e. The highest BCUT2D eigenvalue weighted by atomic mass is 16.5. The van der Waals surface area contributed by atoms with E-state index in [9.17, 15) is 0 Å². The summed E-state index contributed by atoms with van der Waals surface area (Å²) >= 11 is 0. The molecule has 0 saturated carbocycles. The van der Waals surface area contributed by atoms with E-state index in [1.54, 1.807) is 17.9 Å². The Morgan fingerprint density at radius 3 is 2.61 bits per heavy atom. The van der Waals surface area contributed by atoms with E-state index in [1.165, 1.54) is 6.33 Å². The van der Waals surface area contributed by atoms with Crippen molar-refractivity contribution in [3.63, 3.8) is 0 Å². The van der Waals surface area contributed by atoms with Gasteiger partial charge >= 0.3 is 0 Å². The Morgan fingerprint density at radius 2 is 2.04 bits per heavy atom. The molecule has 0 amide bonds. The van der Waals surface area contributed by atoms with Gasteiger partial charge in [0.05, 0.1) is 12.6 Å². The number of ether oxygens (including phenoxy) is 1. The van der Waals surface area contributed by atoms with Crippen molar-refractivity contribution in [2.75, 3.05) is 7.05 Å². The minimum atomic E-state index is 0.120. The van der Waals surface area contributed by atoms with Gasteiger partial charge in [0.25, 0.3) is 0 Å². The Bertz CT molecular complexity index is 634. The largest absolute Gasteiger partial charge is 0.475 e. The minimum Gasteiger partial charge on any atom is -0.475 e. The second kappa shape index (κ2) is 8.11. The molecule has 0 aromatic carbocycles. The van der Waals surface area contributed by atoms with Gasteiger partial charge in [0.1, 0.15) is 12.2 Å². The zero-order valence-corrected chi connectivity index (χ0v) is 13.9. The highest BCUT2D eigenvalue weighted by Crippen LogP contribution is 2.09. The fourth-order valence-electron chi connectivity index (χ4n) is 1.88. The number of nitrogens with zero attached hydrogens (tertiary/aromatic N) is 5. The van der Waals surface area contributed by atoms with Crippen molar-refractivity contribution in [2.45, 2.75) is 33.0 Å². The molecule has 2 aromatic heterocycles. The van der Waals surface area contributed by atoms with Crippen LogP contribution in [0.15, 0.2) is 29.6 Å². The van der Waals surface area contributed by atoms with Gasteiger partial charge in [0.2, 0.25) is 5.88 Å². The average Bonchev–Trinajstić information content (AvgIpc) is 2.94. The molecule has 2 N–H and O–H groups in total. The van der Waals surface area contributed by atoms with E-state index in [2.05, 4.69) is 30.7 Å². The predicted molar refractivity (Wildman–Crippen MR) is 88.0 cm³/mol. The zero-order chi connectivity index (χ0) is 16.7. The first-order chi connectivity index (χ1) is 11.1. The van der Waals surface area contributed by atoms with Crippen molar-refractivity contribution in [1.82, 2.24) is 30.4 Å². The number of hydrogen-bond donors (Lipinski definition) is 2. The molecule has 0 radical (unpaired) electrons. The van der Waals surface area contributed by atoms with E-state index in [1.807, 2.05) is 33.0 Å². The molecule has 0 unspecified atom stereocenters. The molecule has 0 aliphatic heterocycles. The summed E-state index contributed by atoms with van der Waals surface area (Å²) in [7, 11) is 3.58. The first kappa shape index (κ1) is 16.7. The molecule has 0 aliphatic rings. The molecule has 0 bridgehead atoms. The quantitative estimate of drug-likeness (QED) is 0.607. The molecule has 2 aromatic rings. The zero-order valence-electron chi connectivity index (χ0n) is 13.9. The average molecular weight is 317 g/mol. The molecule has 0 fully saturated rings. The summed E-state index contributed by atoms with van der Waals surface area (Å²) in [5, 5.41) is 10.4. The third-order valence-corrected chi connectivity index (χ3v) is 3.06. The number of aliphatic imine (C=N–C) groups is 1. The minimum absolute atomic E-state index is 0.120. The van der Waals surface area contributed by atoms with Crippen LogP contribution in [-0.2, 0) is 20.1 Å². The SMILES string of the molecule is CN=C(NCc1ccc(OC(C)C)nc1)NCc1ncnn1C. The monoisotopic (exact) mass is 317 g/mol. The summed E-state index contributed by atoms with van der Waals surface area (Å²) in [5.74, 6) is 2.16. The fraction of sp³-hybridized carbons (Fsp3) is 0.467. The molecule has 8 heteroatoms. The van der Waals surface area contributed by atoms with E-state index in [0.717, 1.165) is 11.4 Å². The number of rotatable bonds is 6. The molecule has 8 nitrogen and oxygen atoms in total. The number of guanidine groups is 1. The second-order valence-electron chi connectivity index (χ2n) is 5.25. The lowest BCUT2D eigenvalue weighted by Gasteiger charge is -2.12. The van der Waals surface area contributed by atoms with E-state index in [0.29, 0.717) is 24.9 Å². The molecular weight excluding hydrogens is 294 g/mol. The van der Waals surface area contributed by atoms with Gasteiger partial charge in [-0.25, -0.2) is 9.97 Å². The number of nitrogens with one attached hydrogen (secondary N) is 2. The van der Waals surface area contributed by atoms with Crippen LogP contribution >= 0.6 is 0 Å². The van der Waals surface area contributed by atoms with Crippen LogP contribution in [0.5, 0.6) is 5.88 Å². The first-order valence-electron chi connectivity index (χ1n) is 7.47. The Labute approximate surface area is 136 Å². The third kappa shape index (κ3) is 5.24. The van der Waals surface area contributed by atoms with Crippen LogP contribution in [-0.4, -0.2) is 38.9 Å². The second-order valence-corrected chi connectivity index (χ2v) is 5.25. The van der Waals surface area contributed by atoms with Gasteiger partial charge in [-0.1, -0.05) is 6.07 Å². The summed E-state index contributed by atoms with van der Waals surface area (Å²) in [6.45, 7) is 5.12. The van der Waals surface area contributed by atoms with Crippen molar-refractivity contribution >= 4 is 5.96 Å². The number of pyridine rings is 1. The lowest BCUT2D eigenvalue weighted by Crippen LogP contribution is -2.36. The van der Waals surface area contributed by atoms with Crippen LogP contribution in [0.2, 0.25) is 0 Å². The summed E-state index contributed by atoms with van der Waals surface area (Å²) in [4.78, 5) is 12.6. The maximum Gasteiger partial charge on any atom is 0.213 e. The molecule has 23 heavy (non-hydrogen) atoms. The highest BCUT2D eigenvalue weighted by Gasteiger charge is 2.04. The third-order valence-electron chi connectivity index (χ3n) is 3.06. The van der Waals surface area contributed by atoms with Crippen LogP contribution < -0.4 is 15.4 Å². The van der Waals surface area contributed by atoms with Crippen LogP contribution in [0.25, 0.3) is 0 Å². The molecular formula is C15H23N7O. The van der Waals surface area contributed by atoms with Crippen molar-refractivity contribution in [3.05, 3.63) is 36.0 Å². The molecule has 0 spiro atoms. The molecule has 0 saturated heterocycles. The van der Waals surface area contributed by atoms with Gasteiger partial charge in [-0.05, 0) is 19.4 Å². The van der Waals surface area contributed by atoms with Crippen LogP contribution in [0.4, 0.5) is 0 Å². The van der Waals surface area contributed by atoms with Gasteiger partial charge in [0, 0.05) is 32.9 Å². The highest BCUT2D eigenvalue weighted by molar-refractivity contribution is 5.79. The lowest BCUT2D eigenvalue weighted by molar-refractivity contribution is 0.232. The first-order valence-corrected chi connectivity index (χ1v) is 7.47. The summed E-state index contributed by atoms with van der Waals surface area (Å²) < 4.78 is 7.24. The predicted octanol–water partition coefficient (Wildman–Crippen LogP) is 0.862. The molecule has 2 rings (SSSR count). The standard InChI is InChI=1S/C15H23N7O/c1-11(2)23-14-6-5-12(7-17-14)8-18-15(16-3)19-9-13-20-10-21-22(13)4/h5-7,10-11H,8-9H2,1-4H3,(H2,16,18,19). The normalized spacial score (nSPS) is 11.6. The molecule has 124 valence electrons. The molecule has 0 aliphatic carbocycles. The Hall–Kier alpha value is -2.64. The van der Waals surface area contributed by atoms with Gasteiger partial charge < -0.3 is 15.4 Å². The van der Waals surface area contributed by atoms with Gasteiger partial charge in [-0.2, -0.15) is 5.10 Å². The van der Waals surface area contributed by atoms with E-state index in [4.69, 9.17) is 4.74 Å². The fourth-order valence-corrected chi connectivity index (χ4v) is 1.88. The van der Waals surface area contributed by atoms with Crippen LogP contribution in [0.3, 0.4) is 0 Å². The van der Waals surface area contributed by atoms with Crippen molar-refractivity contribution < 1.29 is 4.74 Å². The maximum absolute atomic E-state index is 5.52. The lowest BCUT2D eigenvalue weighted by atomic mass is 10.3. The Balaban J connectivity index is 1.82. The summed E-state index contributed by atoms with van der Waals surface area (Å²) in [6.07, 6.45) is 3.44. The van der Waals surface area contributed by atoms with E-state index >= 15 is 0 Å². The van der Waals surface area contributed by atoms with Crippen molar-refractivity contribution in [3.8, 4) is 5.88 Å². The van der Waals surface area contributed by atoms with Gasteiger partial charge in [-0.15, -0.1) is 0 Å². The molecule has 0 atom stereocenters. The topological polar surface area (TPSA) is 89.2 Å². The van der Waals surface area contributed by atoms with E-state index < -0.39 is 0 Å². The Morgan fingerprint density at radius 1 is 1.26 bits per heavy atom. The van der Waals surface area contributed by atoms with Crippen LogP contribution in [0.1, 0.15) is 25.2 Å². The Kier molecular flexibility index (Phi) is 5.90. The van der Waals surface area contributed by atoms with Crippen LogP contribution in [0, 0.1) is 0 Å². The number of hydrogen-bond acceptors (Lipinski definition) is 5. The van der Waals surface area contributed by atoms with Crippen molar-refractivity contribution in [2.24, 2.45) is 12.0 Å². The van der Waals surface area contributed by atoms with Crippen molar-refractivity contribution in [1.29, 1.82) is 0 Å². The van der Waals surface area contributed by atoms with Gasteiger partial charge in [-0.3, -0.25) is 9.67 Å². The van der Waals surface area contributed by atoms with E-state index in [-0.39, 0.29) is 6.10 Å². The summed E-state index contributed by atoms with van der Waals surface area (Å²) in [5.41, 5.74) is 1.04. The molecule has 2 heterocycles. The number of aryl methyl sites for hydroxylation is 1.